The lowest BCUT2D eigenvalue weighted by atomic mass is 10.1. The molecule has 0 aromatic heterocycles. The van der Waals surface area contributed by atoms with Crippen LogP contribution in [-0.4, -0.2) is 14.3 Å². The monoisotopic (exact) mass is 287 g/mol. The van der Waals surface area contributed by atoms with Gasteiger partial charge in [0.1, 0.15) is 6.61 Å². The van der Waals surface area contributed by atoms with Crippen molar-refractivity contribution in [2.75, 3.05) is 0 Å². The van der Waals surface area contributed by atoms with Gasteiger partial charge in [0.25, 0.3) is 10.0 Å². The fraction of sp³-hybridized carbons (Fsp3) is 0.133. The van der Waals surface area contributed by atoms with Crippen molar-refractivity contribution in [3.63, 3.8) is 0 Å². The van der Waals surface area contributed by atoms with E-state index in [1.165, 1.54) is 0 Å². The molecule has 4 nitrogen and oxygen atoms in total. The first kappa shape index (κ1) is 12.9. The topological polar surface area (TPSA) is 55.7 Å². The molecule has 0 saturated carbocycles. The van der Waals surface area contributed by atoms with E-state index in [-0.39, 0.29) is 10.8 Å². The molecular formula is C15H13NO3S. The zero-order valence-electron chi connectivity index (χ0n) is 10.9. The van der Waals surface area contributed by atoms with E-state index in [1.54, 1.807) is 24.3 Å². The molecule has 0 aliphatic carbocycles. The lowest BCUT2D eigenvalue weighted by Gasteiger charge is -2.02. The molecule has 0 bridgehead atoms. The molecule has 0 N–H and O–H groups in total. The molecule has 0 saturated heterocycles. The van der Waals surface area contributed by atoms with Crippen molar-refractivity contribution in [1.82, 2.24) is 0 Å². The molecule has 1 aliphatic heterocycles. The smallest absolute Gasteiger partial charge is 0.285 e. The molecule has 0 spiro atoms. The number of nitrogens with zero attached hydrogens (tertiary/aromatic N) is 1. The Morgan fingerprint density at radius 1 is 1.05 bits per heavy atom. The molecule has 102 valence electrons. The molecule has 2 aromatic rings. The summed E-state index contributed by atoms with van der Waals surface area (Å²) in [4.78, 5) is 0.170. The first-order valence-corrected chi connectivity index (χ1v) is 7.63. The minimum atomic E-state index is -3.74. The second-order valence-electron chi connectivity index (χ2n) is 4.63. The summed E-state index contributed by atoms with van der Waals surface area (Å²) >= 11 is 0. The first-order valence-electron chi connectivity index (χ1n) is 6.19. The summed E-state index contributed by atoms with van der Waals surface area (Å²) in [5.74, 6) is 0.168. The number of aryl methyl sites for hydroxylation is 1. The van der Waals surface area contributed by atoms with E-state index in [9.17, 15) is 8.42 Å². The van der Waals surface area contributed by atoms with Gasteiger partial charge in [0.05, 0.1) is 4.90 Å². The highest BCUT2D eigenvalue weighted by atomic mass is 32.2. The highest BCUT2D eigenvalue weighted by molar-refractivity contribution is 7.90. The van der Waals surface area contributed by atoms with Gasteiger partial charge in [-0.3, -0.25) is 0 Å². The predicted molar refractivity (Wildman–Crippen MR) is 76.1 cm³/mol. The Morgan fingerprint density at radius 3 is 2.50 bits per heavy atom. The molecule has 2 aromatic carbocycles. The molecule has 5 heteroatoms. The molecule has 1 aliphatic rings. The molecule has 1 heterocycles. The number of ether oxygens (including phenoxy) is 1. The van der Waals surface area contributed by atoms with E-state index in [4.69, 9.17) is 4.74 Å². The Labute approximate surface area is 117 Å². The summed E-state index contributed by atoms with van der Waals surface area (Å²) in [6, 6.07) is 14.0. The summed E-state index contributed by atoms with van der Waals surface area (Å²) in [6.45, 7) is 2.26. The van der Waals surface area contributed by atoms with Gasteiger partial charge in [-0.1, -0.05) is 35.9 Å². The van der Waals surface area contributed by atoms with Crippen molar-refractivity contribution in [1.29, 1.82) is 0 Å². The number of benzene rings is 2. The Balaban J connectivity index is 2.02. The zero-order valence-corrected chi connectivity index (χ0v) is 11.7. The van der Waals surface area contributed by atoms with E-state index in [0.717, 1.165) is 16.7 Å². The number of hydrogen-bond acceptors (Lipinski definition) is 3. The van der Waals surface area contributed by atoms with Gasteiger partial charge < -0.3 is 4.74 Å². The van der Waals surface area contributed by atoms with Gasteiger partial charge in [-0.05, 0) is 25.1 Å². The highest BCUT2D eigenvalue weighted by Gasteiger charge is 2.22. The van der Waals surface area contributed by atoms with Crippen molar-refractivity contribution in [2.45, 2.75) is 18.4 Å². The molecular weight excluding hydrogens is 274 g/mol. The third-order valence-electron chi connectivity index (χ3n) is 3.13. The average molecular weight is 287 g/mol. The van der Waals surface area contributed by atoms with Crippen molar-refractivity contribution in [3.05, 3.63) is 65.2 Å². The van der Waals surface area contributed by atoms with Gasteiger partial charge in [0, 0.05) is 11.1 Å². The first-order chi connectivity index (χ1) is 9.56. The molecule has 0 radical (unpaired) electrons. The minimum absolute atomic E-state index is 0.168. The van der Waals surface area contributed by atoms with Crippen LogP contribution in [0.4, 0.5) is 0 Å². The molecule has 0 fully saturated rings. The summed E-state index contributed by atoms with van der Waals surface area (Å²) in [5.41, 5.74) is 2.69. The lowest BCUT2D eigenvalue weighted by molar-refractivity contribution is 0.313. The number of rotatable bonds is 2. The standard InChI is InChI=1S/C15H13NO3S/c1-11-6-8-13(9-7-11)20(17,18)16-15-14-5-3-2-4-12(14)10-19-15/h2-9H,10H2,1H3. The predicted octanol–water partition coefficient (Wildman–Crippen LogP) is 2.66. The SMILES string of the molecule is Cc1ccc(S(=O)(=O)N=C2OCc3ccccc32)cc1. The maximum atomic E-state index is 12.2. The fourth-order valence-corrected chi connectivity index (χ4v) is 2.98. The molecule has 0 atom stereocenters. The van der Waals surface area contributed by atoms with Gasteiger partial charge in [0.2, 0.25) is 5.90 Å². The van der Waals surface area contributed by atoms with Crippen molar-refractivity contribution in [2.24, 2.45) is 4.40 Å². The summed E-state index contributed by atoms with van der Waals surface area (Å²) in [5, 5.41) is 0. The molecule has 0 amide bonds. The average Bonchev–Trinajstić information content (AvgIpc) is 2.82. The van der Waals surface area contributed by atoms with E-state index in [1.807, 2.05) is 31.2 Å². The van der Waals surface area contributed by atoms with Gasteiger partial charge >= 0.3 is 0 Å². The zero-order chi connectivity index (χ0) is 14.2. The summed E-state index contributed by atoms with van der Waals surface area (Å²) < 4.78 is 33.7. The van der Waals surface area contributed by atoms with Crippen LogP contribution in [0.3, 0.4) is 0 Å². The third kappa shape index (κ3) is 2.32. The largest absolute Gasteiger partial charge is 0.472 e. The normalized spacial score (nSPS) is 15.9. The maximum Gasteiger partial charge on any atom is 0.285 e. The number of sulfonamides is 1. The maximum absolute atomic E-state index is 12.2. The second kappa shape index (κ2) is 4.76. The van der Waals surface area contributed by atoms with Crippen LogP contribution in [0.25, 0.3) is 0 Å². The Kier molecular flexibility index (Phi) is 3.06. The van der Waals surface area contributed by atoms with Crippen LogP contribution in [0, 0.1) is 6.92 Å². The van der Waals surface area contributed by atoms with Crippen LogP contribution >= 0.6 is 0 Å². The fourth-order valence-electron chi connectivity index (χ4n) is 2.03. The van der Waals surface area contributed by atoms with Gasteiger partial charge in [-0.25, -0.2) is 0 Å². The number of fused-ring (bicyclic) bond motifs is 1. The lowest BCUT2D eigenvalue weighted by Crippen LogP contribution is -2.05. The molecule has 20 heavy (non-hydrogen) atoms. The van der Waals surface area contributed by atoms with Crippen LogP contribution in [0.2, 0.25) is 0 Å². The van der Waals surface area contributed by atoms with Crippen molar-refractivity contribution >= 4 is 15.9 Å². The minimum Gasteiger partial charge on any atom is -0.472 e. The Morgan fingerprint density at radius 2 is 1.75 bits per heavy atom. The highest BCUT2D eigenvalue weighted by Crippen LogP contribution is 2.22. The Bertz CT molecular complexity index is 777. The van der Waals surface area contributed by atoms with E-state index in [0.29, 0.717) is 6.61 Å². The molecule has 0 unspecified atom stereocenters. The van der Waals surface area contributed by atoms with Crippen molar-refractivity contribution in [3.8, 4) is 0 Å². The second-order valence-corrected chi connectivity index (χ2v) is 6.23. The van der Waals surface area contributed by atoms with Crippen molar-refractivity contribution < 1.29 is 13.2 Å². The molecule has 3 rings (SSSR count). The van der Waals surface area contributed by atoms with Crippen LogP contribution in [0.5, 0.6) is 0 Å². The third-order valence-corrected chi connectivity index (χ3v) is 4.41. The van der Waals surface area contributed by atoms with Gasteiger partial charge in [-0.2, -0.15) is 8.42 Å². The van der Waals surface area contributed by atoms with Crippen LogP contribution in [0.1, 0.15) is 16.7 Å². The van der Waals surface area contributed by atoms with Crippen LogP contribution < -0.4 is 0 Å². The van der Waals surface area contributed by atoms with E-state index >= 15 is 0 Å². The van der Waals surface area contributed by atoms with Crippen LogP contribution in [-0.2, 0) is 21.4 Å². The summed E-state index contributed by atoms with van der Waals surface area (Å²) in [7, 11) is -3.74. The van der Waals surface area contributed by atoms with Gasteiger partial charge in [0.15, 0.2) is 0 Å². The quantitative estimate of drug-likeness (QED) is 0.853. The van der Waals surface area contributed by atoms with Crippen LogP contribution in [0.15, 0.2) is 57.8 Å². The summed E-state index contributed by atoms with van der Waals surface area (Å²) in [6.07, 6.45) is 0. The van der Waals surface area contributed by atoms with Gasteiger partial charge in [-0.15, -0.1) is 4.40 Å². The van der Waals surface area contributed by atoms with E-state index in [2.05, 4.69) is 4.40 Å². The van der Waals surface area contributed by atoms with E-state index < -0.39 is 10.0 Å². The Hall–Kier alpha value is -2.14. The number of hydrogen-bond donors (Lipinski definition) is 0.